The van der Waals surface area contributed by atoms with Crippen LogP contribution in [-0.2, 0) is 99.1 Å². The third kappa shape index (κ3) is 43.2. The molecule has 4 fully saturated rings. The van der Waals surface area contributed by atoms with Crippen LogP contribution in [0.1, 0.15) is 161 Å². The number of benzene rings is 2. The maximum absolute atomic E-state index is 15.5. The van der Waals surface area contributed by atoms with Gasteiger partial charge < -0.3 is 160 Å². The standard InChI is InChI=1S/C93H147IN34O19S3/c1-50(2)39-63-81(139)113-61(19-11-34-111-93(105)106)79(137)123-68(83(141)116-60(18-10-33-110-92(103)104)78(136)121-66(88(146)147)42-53-43-112-57-15-6-5-13-55(53)57)45-149-37-28-73(131)126-47-125-48-127(49-126)74(132)29-38-150-46-69(84(142)115-58(16-8-31-108-90(99)100)76(134)117-62(80(138)118-63)25-26-71(96)129)124-86(144)70-20-12-35-128(70)87(145)65(40-51(3)4)120-77(135)59(17-9-32-109-91(101)102)114-82(140)64(41-52-21-23-54(94)24-22-52)119-85(143)67(44-148-36-27-72(125)130)122-75(133)56(95)14-7-30-107-89(97)98/h5-6,13,15,21-24,43,50-51,56,58-70,112H,7-12,14,16-20,25-42,44-49,95H2,1-4H3,(H2,96,129)(H,113,139)(H,114,140)(H,115,142)(H,116,141)(H,117,134)(H,118,138)(H,119,143)(H,120,135)(H,121,136)(H,122,133)(H,123,137)(H,124,144)(H,146,147)(H4,97,98,107)(H4,99,100,108)(H4,101,102,109)(H4,103,104,110)(H4,105,106,111)/t56-,58-,59-,60-,61-,62-,63-,64-,65-,66-,67-,68-,69-,70-/m0/s1. The number of thioether (sulfide) groups is 3. The van der Waals surface area contributed by atoms with Crippen molar-refractivity contribution in [3.05, 3.63) is 69.4 Å². The molecule has 2 aromatic carbocycles. The number of guanidine groups is 5. The number of hydrogen-bond donors (Lipinski definition) is 31. The molecule has 17 amide bonds. The molecule has 0 unspecified atom stereocenters. The Kier molecular flexibility index (Phi) is 52.3. The van der Waals surface area contributed by atoms with Crippen LogP contribution in [0.15, 0.2) is 54.7 Å². The number of aliphatic carboxylic acids is 1. The van der Waals surface area contributed by atoms with Gasteiger partial charge in [-0.2, -0.15) is 35.3 Å². The molecule has 14 atom stereocenters. The zero-order chi connectivity index (χ0) is 110. The molecule has 0 spiro atoms. The average Bonchev–Trinajstić information content (AvgIpc) is 1.65. The molecule has 4 saturated heterocycles. The summed E-state index contributed by atoms with van der Waals surface area (Å²) in [7, 11) is 0. The summed E-state index contributed by atoms with van der Waals surface area (Å²) >= 11 is 4.94. The molecule has 150 heavy (non-hydrogen) atoms. The highest BCUT2D eigenvalue weighted by Gasteiger charge is 2.44. The highest BCUT2D eigenvalue weighted by Crippen LogP contribution is 2.26. The molecule has 4 bridgehead atoms. The minimum Gasteiger partial charge on any atom is -0.480 e. The molecule has 828 valence electrons. The first kappa shape index (κ1) is 123. The van der Waals surface area contributed by atoms with Crippen LogP contribution in [0.3, 0.4) is 0 Å². The lowest BCUT2D eigenvalue weighted by atomic mass is 10.0. The van der Waals surface area contributed by atoms with Gasteiger partial charge in [0.2, 0.25) is 100 Å². The number of carboxylic acids is 1. The highest BCUT2D eigenvalue weighted by atomic mass is 127. The van der Waals surface area contributed by atoms with Gasteiger partial charge in [-0.05, 0) is 160 Å². The first-order valence-corrected chi connectivity index (χ1v) is 54.3. The number of hydrogen-bond acceptors (Lipinski definition) is 27. The van der Waals surface area contributed by atoms with Crippen LogP contribution in [0, 0.1) is 42.5 Å². The Morgan fingerprint density at radius 1 is 0.480 bits per heavy atom. The lowest BCUT2D eigenvalue weighted by Crippen LogP contribution is -2.61. The molecule has 57 heteroatoms. The fourth-order valence-corrected chi connectivity index (χ4v) is 19.9. The average molecular weight is 2270 g/mol. The monoisotopic (exact) mass is 2270 g/mol. The van der Waals surface area contributed by atoms with E-state index in [1.165, 1.54) is 19.6 Å². The number of nitrogens with two attached hydrogens (primary N) is 7. The molecule has 7 rings (SSSR count). The van der Waals surface area contributed by atoms with E-state index in [9.17, 15) is 24.3 Å². The number of nitrogens with zero attached hydrogens (tertiary/aromatic N) is 4. The van der Waals surface area contributed by atoms with Crippen LogP contribution in [0.5, 0.6) is 0 Å². The molecule has 0 radical (unpaired) electrons. The number of H-pyrrole nitrogens is 1. The van der Waals surface area contributed by atoms with Gasteiger partial charge in [0.1, 0.15) is 78.5 Å². The van der Waals surface area contributed by atoms with E-state index >= 15 is 67.1 Å². The molecule has 0 saturated carbocycles. The maximum atomic E-state index is 15.5. The molecule has 4 aliphatic heterocycles. The number of carboxylic acid groups (broad SMARTS) is 1. The molecule has 0 aliphatic carbocycles. The number of rotatable bonds is 38. The molecule has 38 N–H and O–H groups in total. The third-order valence-corrected chi connectivity index (χ3v) is 28.4. The summed E-state index contributed by atoms with van der Waals surface area (Å²) in [4.78, 5) is 277. The number of primary amides is 1. The first-order chi connectivity index (χ1) is 71.2. The van der Waals surface area contributed by atoms with E-state index in [0.29, 0.717) is 22.0 Å². The third-order valence-electron chi connectivity index (χ3n) is 24.5. The lowest BCUT2D eigenvalue weighted by Gasteiger charge is -2.42. The Morgan fingerprint density at radius 3 is 1.43 bits per heavy atom. The van der Waals surface area contributed by atoms with Crippen LogP contribution in [-0.4, -0.2) is 344 Å². The molecule has 3 aromatic rings. The van der Waals surface area contributed by atoms with Crippen molar-refractivity contribution in [2.75, 3.05) is 93.8 Å². The van der Waals surface area contributed by atoms with Gasteiger partial charge >= 0.3 is 5.97 Å². The fraction of sp³-hybridized carbons (Fsp3) is 0.602. The van der Waals surface area contributed by atoms with Crippen molar-refractivity contribution in [1.29, 1.82) is 27.0 Å². The molecular formula is C93H147IN34O19S3. The van der Waals surface area contributed by atoms with Gasteiger partial charge in [-0.1, -0.05) is 58.0 Å². The van der Waals surface area contributed by atoms with Crippen molar-refractivity contribution < 1.29 is 91.4 Å². The van der Waals surface area contributed by atoms with Crippen molar-refractivity contribution >= 4 is 205 Å². The Labute approximate surface area is 895 Å². The summed E-state index contributed by atoms with van der Waals surface area (Å²) in [6.45, 7) is 5.41. The Hall–Kier alpha value is -13.5. The smallest absolute Gasteiger partial charge is 0.326 e. The van der Waals surface area contributed by atoms with E-state index in [2.05, 4.69) is 118 Å². The van der Waals surface area contributed by atoms with Gasteiger partial charge in [0.05, 0.1) is 26.0 Å². The molecule has 53 nitrogen and oxygen atoms in total. The van der Waals surface area contributed by atoms with Crippen molar-refractivity contribution in [3.63, 3.8) is 0 Å². The summed E-state index contributed by atoms with van der Waals surface area (Å²) in [5.74, 6) is -21.7. The number of nitrogens with one attached hydrogen (secondary N) is 23. The maximum Gasteiger partial charge on any atom is 0.326 e. The second kappa shape index (κ2) is 63.5. The van der Waals surface area contributed by atoms with Gasteiger partial charge in [-0.15, -0.1) is 0 Å². The van der Waals surface area contributed by atoms with Crippen molar-refractivity contribution in [2.24, 2.45) is 52.0 Å². The molecule has 5 heterocycles. The van der Waals surface area contributed by atoms with E-state index in [-0.39, 0.29) is 183 Å². The second-order valence-corrected chi connectivity index (χ2v) is 42.3. The van der Waals surface area contributed by atoms with Crippen molar-refractivity contribution in [1.82, 2.24) is 115 Å². The summed E-state index contributed by atoms with van der Waals surface area (Å²) in [6.07, 6.45) is -2.11. The minimum absolute atomic E-state index is 0.00692. The van der Waals surface area contributed by atoms with Crippen LogP contribution >= 0.6 is 57.9 Å². The number of para-hydroxylation sites is 1. The number of aromatic nitrogens is 1. The van der Waals surface area contributed by atoms with Crippen LogP contribution in [0.4, 0.5) is 0 Å². The van der Waals surface area contributed by atoms with Gasteiger partial charge in [0.25, 0.3) is 0 Å². The first-order valence-electron chi connectivity index (χ1n) is 49.7. The van der Waals surface area contributed by atoms with Crippen LogP contribution in [0.25, 0.3) is 10.9 Å². The Bertz CT molecular complexity index is 5220. The summed E-state index contributed by atoms with van der Waals surface area (Å²) in [5, 5.41) is 95.9. The number of fused-ring (bicyclic) bond motifs is 9. The van der Waals surface area contributed by atoms with E-state index in [0.717, 1.165) is 38.9 Å². The van der Waals surface area contributed by atoms with Gasteiger partial charge in [0.15, 0.2) is 29.8 Å². The minimum atomic E-state index is -1.78. The number of amides is 17. The topological polar surface area (TPSA) is 862 Å². The van der Waals surface area contributed by atoms with Crippen molar-refractivity contribution in [3.8, 4) is 0 Å². The van der Waals surface area contributed by atoms with E-state index in [1.54, 1.807) is 82.4 Å². The van der Waals surface area contributed by atoms with E-state index < -0.39 is 278 Å². The zero-order valence-electron chi connectivity index (χ0n) is 84.6. The second-order valence-electron chi connectivity index (χ2n) is 37.6. The van der Waals surface area contributed by atoms with E-state index in [4.69, 9.17) is 67.2 Å². The summed E-state index contributed by atoms with van der Waals surface area (Å²) in [6, 6.07) is -8.16. The Morgan fingerprint density at radius 2 is 0.920 bits per heavy atom. The van der Waals surface area contributed by atoms with Gasteiger partial charge in [-0.25, -0.2) is 4.79 Å². The largest absolute Gasteiger partial charge is 0.480 e. The van der Waals surface area contributed by atoms with Gasteiger partial charge in [0, 0.05) is 133 Å². The van der Waals surface area contributed by atoms with Gasteiger partial charge in [-0.3, -0.25) is 109 Å². The predicted octanol–water partition coefficient (Wildman–Crippen LogP) is -5.78. The molecule has 4 aliphatic rings. The van der Waals surface area contributed by atoms with Crippen LogP contribution in [0.2, 0.25) is 0 Å². The molecule has 1 aromatic heterocycles. The zero-order valence-corrected chi connectivity index (χ0v) is 89.2. The Balaban J connectivity index is 1.38. The van der Waals surface area contributed by atoms with Crippen LogP contribution < -0.4 is 131 Å². The normalized spacial score (nSPS) is 22.2. The number of aromatic amines is 1. The number of carbonyl (C=O) groups excluding carboxylic acids is 17. The van der Waals surface area contributed by atoms with E-state index in [1.807, 2.05) is 0 Å². The summed E-state index contributed by atoms with van der Waals surface area (Å²) in [5.41, 5.74) is 42.0. The van der Waals surface area contributed by atoms with Crippen molar-refractivity contribution in [2.45, 2.75) is 247 Å². The SMILES string of the molecule is CC(C)C[C@@H]1NC(=O)[C@H](CCC(N)=O)NC(=O)[C@H](CCCNC(=N)N)NC(=O)[C@@H]2CSCCC(=O)N3CN(CN(C3)C(=O)CCSC[C@H](NC(=O)[C@@H](N)CCCNC(=N)N)C(=O)N[C@@H](Cc3ccc(I)cc3)C(=O)N[C@@H](CCCNC(=N)N)C(=O)N[C@@H](CC(C)C)C(=O)N3CCC[C@H]3C(=O)N2)C(=O)CCSC[C@@H](C(=O)N[C@@H](CCCNC(=N)N)C(=O)N[C@@H](Cc2c[nH]c3ccccc23)C(=O)O)NC(=O)[C@H](CCCNC(=N)N)NC1=O. The highest BCUT2D eigenvalue weighted by molar-refractivity contribution is 14.1. The predicted molar refractivity (Wildman–Crippen MR) is 572 cm³/mol. The quantitative estimate of drug-likeness (QED) is 0.0110. The number of halogens is 1. The molecular weight excluding hydrogens is 2120 g/mol. The lowest BCUT2D eigenvalue weighted by molar-refractivity contribution is -0.158. The number of carbonyl (C=O) groups is 18. The fourth-order valence-electron chi connectivity index (χ4n) is 16.7. The summed E-state index contributed by atoms with van der Waals surface area (Å²) < 4.78 is 0.803.